The molecule has 0 aromatic carbocycles. The first kappa shape index (κ1) is 12.2. The van der Waals surface area contributed by atoms with Crippen molar-refractivity contribution in [2.24, 2.45) is 0 Å². The van der Waals surface area contributed by atoms with Crippen LogP contribution in [0.3, 0.4) is 0 Å². The third-order valence-corrected chi connectivity index (χ3v) is 2.37. The summed E-state index contributed by atoms with van der Waals surface area (Å²) in [7, 11) is 4.10. The van der Waals surface area contributed by atoms with Crippen LogP contribution >= 0.6 is 0 Å². The molecule has 0 aliphatic heterocycles. The van der Waals surface area contributed by atoms with Crippen LogP contribution < -0.4 is 5.32 Å². The minimum absolute atomic E-state index is 0.943. The highest BCUT2D eigenvalue weighted by Gasteiger charge is 2.03. The number of nitrogens with zero attached hydrogens (tertiary/aromatic N) is 2. The lowest BCUT2D eigenvalue weighted by Crippen LogP contribution is -2.27. The second-order valence-electron chi connectivity index (χ2n) is 3.98. The van der Waals surface area contributed by atoms with E-state index in [2.05, 4.69) is 40.5 Å². The van der Waals surface area contributed by atoms with Crippen molar-refractivity contribution >= 4 is 0 Å². The van der Waals surface area contributed by atoms with Gasteiger partial charge in [-0.3, -0.25) is 10.00 Å². The molecule has 2 N–H and O–H groups in total. The van der Waals surface area contributed by atoms with Gasteiger partial charge in [-0.1, -0.05) is 13.3 Å². The molecule has 0 saturated heterocycles. The molecular weight excluding hydrogens is 188 g/mol. The molecule has 4 nitrogen and oxygen atoms in total. The van der Waals surface area contributed by atoms with Gasteiger partial charge in [-0.25, -0.2) is 0 Å². The third kappa shape index (κ3) is 4.44. The summed E-state index contributed by atoms with van der Waals surface area (Å²) in [5.41, 5.74) is 2.38. The van der Waals surface area contributed by atoms with Crippen molar-refractivity contribution in [3.05, 3.63) is 17.5 Å². The highest BCUT2D eigenvalue weighted by atomic mass is 15.2. The number of hydrogen-bond acceptors (Lipinski definition) is 3. The first-order chi connectivity index (χ1) is 7.26. The Balaban J connectivity index is 2.35. The lowest BCUT2D eigenvalue weighted by molar-refractivity contribution is 0.324. The number of aryl methyl sites for hydroxylation is 1. The molecule has 0 atom stereocenters. The quantitative estimate of drug-likeness (QED) is 0.706. The van der Waals surface area contributed by atoms with E-state index in [0.29, 0.717) is 0 Å². The fourth-order valence-corrected chi connectivity index (χ4v) is 1.55. The molecule has 1 heterocycles. The number of aromatic amines is 1. The number of nitrogens with one attached hydrogen (secondary N) is 2. The number of aromatic nitrogens is 2. The minimum atomic E-state index is 0.943. The highest BCUT2D eigenvalue weighted by Crippen LogP contribution is 2.04. The second kappa shape index (κ2) is 6.58. The van der Waals surface area contributed by atoms with Gasteiger partial charge in [0.2, 0.25) is 0 Å². The van der Waals surface area contributed by atoms with Crippen molar-refractivity contribution in [3.63, 3.8) is 0 Å². The van der Waals surface area contributed by atoms with Gasteiger partial charge >= 0.3 is 0 Å². The SMILES string of the molecule is CCCc1cc(CN(C)CCNC)[nH]n1. The average molecular weight is 210 g/mol. The van der Waals surface area contributed by atoms with Crippen molar-refractivity contribution in [2.45, 2.75) is 26.3 Å². The smallest absolute Gasteiger partial charge is 0.0625 e. The summed E-state index contributed by atoms with van der Waals surface area (Å²) in [5, 5.41) is 10.5. The van der Waals surface area contributed by atoms with E-state index in [1.54, 1.807) is 0 Å². The Morgan fingerprint density at radius 3 is 3.00 bits per heavy atom. The zero-order valence-electron chi connectivity index (χ0n) is 10.0. The van der Waals surface area contributed by atoms with Crippen LogP contribution in [0.5, 0.6) is 0 Å². The molecule has 4 heteroatoms. The van der Waals surface area contributed by atoms with Crippen LogP contribution in [-0.2, 0) is 13.0 Å². The van der Waals surface area contributed by atoms with Gasteiger partial charge in [0.05, 0.1) is 5.69 Å². The van der Waals surface area contributed by atoms with Crippen LogP contribution in [0.1, 0.15) is 24.7 Å². The zero-order valence-corrected chi connectivity index (χ0v) is 10.0. The van der Waals surface area contributed by atoms with Crippen LogP contribution in [0, 0.1) is 0 Å². The number of rotatable bonds is 7. The van der Waals surface area contributed by atoms with E-state index < -0.39 is 0 Å². The van der Waals surface area contributed by atoms with Gasteiger partial charge in [0.15, 0.2) is 0 Å². The predicted molar refractivity (Wildman–Crippen MR) is 62.8 cm³/mol. The molecule has 0 aliphatic rings. The van der Waals surface area contributed by atoms with E-state index in [1.807, 2.05) is 7.05 Å². The molecule has 86 valence electrons. The van der Waals surface area contributed by atoms with Gasteiger partial charge in [0.25, 0.3) is 0 Å². The Bertz CT molecular complexity index is 269. The molecule has 0 spiro atoms. The van der Waals surface area contributed by atoms with Crippen molar-refractivity contribution in [3.8, 4) is 0 Å². The van der Waals surface area contributed by atoms with E-state index >= 15 is 0 Å². The van der Waals surface area contributed by atoms with Gasteiger partial charge in [0.1, 0.15) is 0 Å². The molecule has 0 aliphatic carbocycles. The summed E-state index contributed by atoms with van der Waals surface area (Å²) >= 11 is 0. The first-order valence-corrected chi connectivity index (χ1v) is 5.62. The molecule has 0 fully saturated rings. The Hall–Kier alpha value is -0.870. The summed E-state index contributed by atoms with van der Waals surface area (Å²) in [5.74, 6) is 0. The summed E-state index contributed by atoms with van der Waals surface area (Å²) in [6, 6.07) is 2.17. The normalized spacial score (nSPS) is 11.2. The van der Waals surface area contributed by atoms with Gasteiger partial charge in [-0.2, -0.15) is 5.10 Å². The Labute approximate surface area is 92.1 Å². The minimum Gasteiger partial charge on any atom is -0.318 e. The summed E-state index contributed by atoms with van der Waals surface area (Å²) in [4.78, 5) is 2.28. The number of likely N-dealkylation sites (N-methyl/N-ethyl adjacent to an activating group) is 2. The molecule has 0 radical (unpaired) electrons. The molecule has 0 bridgehead atoms. The molecule has 1 aromatic rings. The monoisotopic (exact) mass is 210 g/mol. The molecule has 0 unspecified atom stereocenters. The molecule has 1 aromatic heterocycles. The fraction of sp³-hybridized carbons (Fsp3) is 0.727. The van der Waals surface area contributed by atoms with E-state index in [9.17, 15) is 0 Å². The van der Waals surface area contributed by atoms with Gasteiger partial charge in [-0.05, 0) is 26.6 Å². The van der Waals surface area contributed by atoms with Crippen LogP contribution in [0.25, 0.3) is 0 Å². The number of H-pyrrole nitrogens is 1. The van der Waals surface area contributed by atoms with E-state index in [0.717, 1.165) is 32.5 Å². The van der Waals surface area contributed by atoms with Crippen LogP contribution in [-0.4, -0.2) is 42.3 Å². The van der Waals surface area contributed by atoms with Crippen LogP contribution in [0.4, 0.5) is 0 Å². The summed E-state index contributed by atoms with van der Waals surface area (Å²) in [6.07, 6.45) is 2.22. The van der Waals surface area contributed by atoms with E-state index in [1.165, 1.54) is 11.4 Å². The maximum absolute atomic E-state index is 4.27. The lowest BCUT2D eigenvalue weighted by Gasteiger charge is -2.14. The molecule has 0 saturated carbocycles. The van der Waals surface area contributed by atoms with Crippen molar-refractivity contribution in [2.75, 3.05) is 27.2 Å². The zero-order chi connectivity index (χ0) is 11.1. The first-order valence-electron chi connectivity index (χ1n) is 5.62. The topological polar surface area (TPSA) is 44.0 Å². The fourth-order valence-electron chi connectivity index (χ4n) is 1.55. The van der Waals surface area contributed by atoms with Gasteiger partial charge in [0, 0.05) is 25.3 Å². The second-order valence-corrected chi connectivity index (χ2v) is 3.98. The largest absolute Gasteiger partial charge is 0.318 e. The summed E-state index contributed by atoms with van der Waals surface area (Å²) < 4.78 is 0. The standard InChI is InChI=1S/C11H22N4/c1-4-5-10-8-11(14-13-10)9-15(3)7-6-12-2/h8,12H,4-7,9H2,1-3H3,(H,13,14). The van der Waals surface area contributed by atoms with Crippen molar-refractivity contribution in [1.82, 2.24) is 20.4 Å². The van der Waals surface area contributed by atoms with Gasteiger partial charge in [-0.15, -0.1) is 0 Å². The van der Waals surface area contributed by atoms with Crippen molar-refractivity contribution in [1.29, 1.82) is 0 Å². The summed E-state index contributed by atoms with van der Waals surface area (Å²) in [6.45, 7) is 5.19. The Morgan fingerprint density at radius 1 is 1.53 bits per heavy atom. The van der Waals surface area contributed by atoms with Crippen molar-refractivity contribution < 1.29 is 0 Å². The highest BCUT2D eigenvalue weighted by molar-refractivity contribution is 5.08. The Morgan fingerprint density at radius 2 is 2.33 bits per heavy atom. The van der Waals surface area contributed by atoms with Crippen LogP contribution in [0.2, 0.25) is 0 Å². The van der Waals surface area contributed by atoms with E-state index in [4.69, 9.17) is 0 Å². The Kier molecular flexibility index (Phi) is 5.36. The molecule has 1 rings (SSSR count). The average Bonchev–Trinajstić information content (AvgIpc) is 2.63. The lowest BCUT2D eigenvalue weighted by atomic mass is 10.2. The molecule has 0 amide bonds. The van der Waals surface area contributed by atoms with Gasteiger partial charge < -0.3 is 5.32 Å². The third-order valence-electron chi connectivity index (χ3n) is 2.37. The maximum atomic E-state index is 4.27. The molecular formula is C11H22N4. The van der Waals surface area contributed by atoms with Crippen LogP contribution in [0.15, 0.2) is 6.07 Å². The maximum Gasteiger partial charge on any atom is 0.0625 e. The number of hydrogen-bond donors (Lipinski definition) is 2. The molecule has 15 heavy (non-hydrogen) atoms. The van der Waals surface area contributed by atoms with E-state index in [-0.39, 0.29) is 0 Å². The predicted octanol–water partition coefficient (Wildman–Crippen LogP) is 1.01.